The monoisotopic (exact) mass is 312 g/mol. The highest BCUT2D eigenvalue weighted by molar-refractivity contribution is 5.74. The van der Waals surface area contributed by atoms with E-state index in [1.165, 1.54) is 0 Å². The second-order valence-corrected chi connectivity index (χ2v) is 7.07. The lowest BCUT2D eigenvalue weighted by atomic mass is 9.93. The molecule has 1 atom stereocenters. The molecule has 22 heavy (non-hydrogen) atoms. The summed E-state index contributed by atoms with van der Waals surface area (Å²) in [5.74, 6) is 0.460. The van der Waals surface area contributed by atoms with Crippen LogP contribution < -0.4 is 10.6 Å². The van der Waals surface area contributed by atoms with Crippen LogP contribution >= 0.6 is 0 Å². The molecule has 1 heterocycles. The fourth-order valence-corrected chi connectivity index (χ4v) is 3.26. The van der Waals surface area contributed by atoms with Crippen molar-refractivity contribution in [1.29, 1.82) is 0 Å². The first-order chi connectivity index (χ1) is 10.5. The molecular formula is C16H32N4O2. The number of rotatable bonds is 5. The Balaban J connectivity index is 1.57. The van der Waals surface area contributed by atoms with Crippen molar-refractivity contribution < 1.29 is 9.90 Å². The molecule has 0 aromatic rings. The van der Waals surface area contributed by atoms with Crippen molar-refractivity contribution >= 4 is 6.03 Å². The fourth-order valence-electron chi connectivity index (χ4n) is 3.26. The van der Waals surface area contributed by atoms with Gasteiger partial charge in [0.05, 0.1) is 6.10 Å². The van der Waals surface area contributed by atoms with Crippen molar-refractivity contribution in [3.05, 3.63) is 0 Å². The molecule has 1 aliphatic carbocycles. The predicted octanol–water partition coefficient (Wildman–Crippen LogP) is 0.473. The third-order valence-electron chi connectivity index (χ3n) is 4.81. The van der Waals surface area contributed by atoms with E-state index in [0.717, 1.165) is 58.4 Å². The molecule has 2 aliphatic rings. The summed E-state index contributed by atoms with van der Waals surface area (Å²) in [4.78, 5) is 16.8. The lowest BCUT2D eigenvalue weighted by Gasteiger charge is -2.34. The van der Waals surface area contributed by atoms with Gasteiger partial charge in [0.1, 0.15) is 0 Å². The first-order valence-corrected chi connectivity index (χ1v) is 8.66. The first kappa shape index (κ1) is 17.5. The van der Waals surface area contributed by atoms with E-state index in [2.05, 4.69) is 34.4 Å². The Hall–Kier alpha value is -0.850. The first-order valence-electron chi connectivity index (χ1n) is 8.66. The Labute approximate surface area is 134 Å². The van der Waals surface area contributed by atoms with E-state index in [1.807, 2.05) is 0 Å². The van der Waals surface area contributed by atoms with Gasteiger partial charge in [-0.15, -0.1) is 0 Å². The lowest BCUT2D eigenvalue weighted by Crippen LogP contribution is -2.48. The van der Waals surface area contributed by atoms with Gasteiger partial charge in [-0.3, -0.25) is 0 Å². The van der Waals surface area contributed by atoms with Gasteiger partial charge in [0.25, 0.3) is 0 Å². The number of urea groups is 1. The molecule has 0 bridgehead atoms. The minimum Gasteiger partial charge on any atom is -0.393 e. The molecular weight excluding hydrogens is 280 g/mol. The number of amides is 2. The Bertz CT molecular complexity index is 337. The molecule has 0 aromatic heterocycles. The van der Waals surface area contributed by atoms with Crippen molar-refractivity contribution in [1.82, 2.24) is 20.4 Å². The molecule has 6 nitrogen and oxygen atoms in total. The minimum absolute atomic E-state index is 0.0633. The van der Waals surface area contributed by atoms with Gasteiger partial charge < -0.3 is 25.5 Å². The molecule has 0 radical (unpaired) electrons. The molecule has 2 fully saturated rings. The van der Waals surface area contributed by atoms with E-state index in [9.17, 15) is 9.90 Å². The maximum atomic E-state index is 11.9. The number of likely N-dealkylation sites (N-methyl/N-ethyl adjacent to an activating group) is 1. The molecule has 1 saturated carbocycles. The number of aliphatic hydroxyl groups excluding tert-OH is 1. The second-order valence-electron chi connectivity index (χ2n) is 7.07. The van der Waals surface area contributed by atoms with Crippen molar-refractivity contribution in [3.8, 4) is 0 Å². The summed E-state index contributed by atoms with van der Waals surface area (Å²) in [6.45, 7) is 8.46. The molecule has 1 aliphatic heterocycles. The zero-order chi connectivity index (χ0) is 15.9. The predicted molar refractivity (Wildman–Crippen MR) is 87.9 cm³/mol. The third kappa shape index (κ3) is 6.10. The fraction of sp³-hybridized carbons (Fsp3) is 0.938. The number of piperazine rings is 1. The van der Waals surface area contributed by atoms with Gasteiger partial charge in [0, 0.05) is 45.3 Å². The third-order valence-corrected chi connectivity index (χ3v) is 4.81. The summed E-state index contributed by atoms with van der Waals surface area (Å²) in [6, 6.07) is 0.156. The molecule has 6 heteroatoms. The smallest absolute Gasteiger partial charge is 0.315 e. The highest BCUT2D eigenvalue weighted by Crippen LogP contribution is 2.18. The molecule has 0 aromatic carbocycles. The number of hydrogen-bond acceptors (Lipinski definition) is 4. The number of carbonyl (C=O) groups excluding carboxylic acids is 1. The van der Waals surface area contributed by atoms with Crippen molar-refractivity contribution in [2.24, 2.45) is 5.92 Å². The maximum Gasteiger partial charge on any atom is 0.315 e. The van der Waals surface area contributed by atoms with Crippen LogP contribution in [0.1, 0.15) is 32.6 Å². The van der Waals surface area contributed by atoms with Gasteiger partial charge in [-0.1, -0.05) is 6.92 Å². The van der Waals surface area contributed by atoms with Crippen LogP contribution in [0.4, 0.5) is 4.79 Å². The molecule has 0 spiro atoms. The van der Waals surface area contributed by atoms with Gasteiger partial charge in [0.15, 0.2) is 0 Å². The Morgan fingerprint density at radius 2 is 1.82 bits per heavy atom. The molecule has 1 saturated heterocycles. The van der Waals surface area contributed by atoms with E-state index < -0.39 is 0 Å². The summed E-state index contributed by atoms with van der Waals surface area (Å²) in [5, 5.41) is 15.5. The normalized spacial score (nSPS) is 29.0. The summed E-state index contributed by atoms with van der Waals surface area (Å²) in [6.07, 6.45) is 3.18. The van der Waals surface area contributed by atoms with Gasteiger partial charge >= 0.3 is 6.03 Å². The highest BCUT2D eigenvalue weighted by atomic mass is 16.3. The van der Waals surface area contributed by atoms with Gasteiger partial charge in [0.2, 0.25) is 0 Å². The maximum absolute atomic E-state index is 11.9. The highest BCUT2D eigenvalue weighted by Gasteiger charge is 2.21. The van der Waals surface area contributed by atoms with Crippen molar-refractivity contribution in [2.75, 3.05) is 46.3 Å². The minimum atomic E-state index is -0.176. The number of nitrogens with one attached hydrogen (secondary N) is 2. The summed E-state index contributed by atoms with van der Waals surface area (Å²) >= 11 is 0. The van der Waals surface area contributed by atoms with Crippen LogP contribution in [-0.2, 0) is 0 Å². The van der Waals surface area contributed by atoms with E-state index in [1.54, 1.807) is 0 Å². The average molecular weight is 312 g/mol. The van der Waals surface area contributed by atoms with Crippen LogP contribution in [-0.4, -0.2) is 79.4 Å². The number of nitrogens with zero attached hydrogens (tertiary/aromatic N) is 2. The lowest BCUT2D eigenvalue weighted by molar-refractivity contribution is 0.117. The Morgan fingerprint density at radius 1 is 1.18 bits per heavy atom. The molecule has 2 amide bonds. The largest absolute Gasteiger partial charge is 0.393 e. The summed E-state index contributed by atoms with van der Waals surface area (Å²) < 4.78 is 0. The molecule has 128 valence electrons. The average Bonchev–Trinajstić information content (AvgIpc) is 2.50. The van der Waals surface area contributed by atoms with Gasteiger partial charge in [-0.25, -0.2) is 4.79 Å². The SMILES string of the molecule is CC(CNC(=O)NC1CCC(O)CC1)CN1CCN(C)CC1. The standard InChI is InChI=1S/C16H32N4O2/c1-13(12-20-9-7-19(2)8-10-20)11-17-16(22)18-14-3-5-15(21)6-4-14/h13-15,21H,3-12H2,1-2H3,(H2,17,18,22). The zero-order valence-electron chi connectivity index (χ0n) is 14.1. The van der Waals surface area contributed by atoms with Gasteiger partial charge in [-0.05, 0) is 38.6 Å². The van der Waals surface area contributed by atoms with E-state index in [4.69, 9.17) is 0 Å². The van der Waals surface area contributed by atoms with E-state index in [-0.39, 0.29) is 18.2 Å². The van der Waals surface area contributed by atoms with Crippen molar-refractivity contribution in [3.63, 3.8) is 0 Å². The summed E-state index contributed by atoms with van der Waals surface area (Å²) in [7, 11) is 2.16. The number of aliphatic hydroxyl groups is 1. The van der Waals surface area contributed by atoms with Crippen LogP contribution in [0.15, 0.2) is 0 Å². The van der Waals surface area contributed by atoms with E-state index >= 15 is 0 Å². The van der Waals surface area contributed by atoms with E-state index in [0.29, 0.717) is 12.5 Å². The van der Waals surface area contributed by atoms with Crippen LogP contribution in [0.5, 0.6) is 0 Å². The topological polar surface area (TPSA) is 67.8 Å². The zero-order valence-corrected chi connectivity index (χ0v) is 14.1. The van der Waals surface area contributed by atoms with Crippen LogP contribution in [0, 0.1) is 5.92 Å². The van der Waals surface area contributed by atoms with Crippen molar-refractivity contribution in [2.45, 2.75) is 44.8 Å². The number of hydrogen-bond donors (Lipinski definition) is 3. The molecule has 1 unspecified atom stereocenters. The van der Waals surface area contributed by atoms with Gasteiger partial charge in [-0.2, -0.15) is 0 Å². The van der Waals surface area contributed by atoms with Crippen LogP contribution in [0.2, 0.25) is 0 Å². The summed E-state index contributed by atoms with van der Waals surface area (Å²) in [5.41, 5.74) is 0. The quantitative estimate of drug-likeness (QED) is 0.690. The molecule has 3 N–H and O–H groups in total. The van der Waals surface area contributed by atoms with Crippen LogP contribution in [0.25, 0.3) is 0 Å². The van der Waals surface area contributed by atoms with Crippen LogP contribution in [0.3, 0.4) is 0 Å². The second kappa shape index (κ2) is 8.70. The number of carbonyl (C=O) groups is 1. The molecule has 2 rings (SSSR count). The Kier molecular flexibility index (Phi) is 6.92. The Morgan fingerprint density at radius 3 is 2.45 bits per heavy atom.